The van der Waals surface area contributed by atoms with Gasteiger partial charge in [0.2, 0.25) is 5.89 Å². The van der Waals surface area contributed by atoms with Crippen LogP contribution in [0.25, 0.3) is 0 Å². The van der Waals surface area contributed by atoms with Crippen molar-refractivity contribution in [1.82, 2.24) is 15.2 Å². The Kier molecular flexibility index (Phi) is 3.93. The van der Waals surface area contributed by atoms with Crippen molar-refractivity contribution in [2.45, 2.75) is 19.9 Å². The van der Waals surface area contributed by atoms with Crippen LogP contribution in [-0.4, -0.2) is 21.1 Å². The summed E-state index contributed by atoms with van der Waals surface area (Å²) in [4.78, 5) is 4.26. The SMILES string of the molecule is Cc1cccnc1CNc1nnc(CCCl)o1. The van der Waals surface area contributed by atoms with Crippen LogP contribution in [0.3, 0.4) is 0 Å². The predicted molar refractivity (Wildman–Crippen MR) is 65.0 cm³/mol. The summed E-state index contributed by atoms with van der Waals surface area (Å²) < 4.78 is 5.34. The van der Waals surface area contributed by atoms with Crippen molar-refractivity contribution in [1.29, 1.82) is 0 Å². The average Bonchev–Trinajstić information content (AvgIpc) is 2.76. The van der Waals surface area contributed by atoms with Gasteiger partial charge in [-0.15, -0.1) is 16.7 Å². The van der Waals surface area contributed by atoms with E-state index < -0.39 is 0 Å². The number of hydrogen-bond acceptors (Lipinski definition) is 5. The molecular formula is C11H13ClN4O. The zero-order chi connectivity index (χ0) is 12.1. The Bertz CT molecular complexity index is 486. The molecule has 5 nitrogen and oxygen atoms in total. The number of pyridine rings is 1. The van der Waals surface area contributed by atoms with E-state index in [1.54, 1.807) is 6.20 Å². The standard InChI is InChI=1S/C11H13ClN4O/c1-8-3-2-6-13-9(8)7-14-11-16-15-10(17-11)4-5-12/h2-3,6H,4-5,7H2,1H3,(H,14,16). The molecule has 0 aliphatic rings. The zero-order valence-corrected chi connectivity index (χ0v) is 10.2. The maximum absolute atomic E-state index is 5.58. The highest BCUT2D eigenvalue weighted by atomic mass is 35.5. The number of rotatable bonds is 5. The van der Waals surface area contributed by atoms with Gasteiger partial charge in [0.1, 0.15) is 0 Å². The van der Waals surface area contributed by atoms with Crippen molar-refractivity contribution < 1.29 is 4.42 Å². The summed E-state index contributed by atoms with van der Waals surface area (Å²) in [7, 11) is 0. The van der Waals surface area contributed by atoms with E-state index in [0.717, 1.165) is 11.3 Å². The molecule has 0 unspecified atom stereocenters. The first-order valence-electron chi connectivity index (χ1n) is 5.32. The molecule has 2 heterocycles. The molecule has 0 fully saturated rings. The Morgan fingerprint density at radius 3 is 3.06 bits per heavy atom. The van der Waals surface area contributed by atoms with Gasteiger partial charge in [-0.2, -0.15) is 0 Å². The van der Waals surface area contributed by atoms with Crippen LogP contribution in [0, 0.1) is 6.92 Å². The third-order valence-electron chi connectivity index (χ3n) is 2.30. The first-order chi connectivity index (χ1) is 8.29. The Balaban J connectivity index is 1.95. The summed E-state index contributed by atoms with van der Waals surface area (Å²) in [5, 5.41) is 10.8. The monoisotopic (exact) mass is 252 g/mol. The van der Waals surface area contributed by atoms with Crippen LogP contribution in [0.15, 0.2) is 22.7 Å². The average molecular weight is 253 g/mol. The van der Waals surface area contributed by atoms with Crippen molar-refractivity contribution in [2.75, 3.05) is 11.2 Å². The van der Waals surface area contributed by atoms with Crippen LogP contribution >= 0.6 is 11.6 Å². The quantitative estimate of drug-likeness (QED) is 0.827. The van der Waals surface area contributed by atoms with Gasteiger partial charge in [0, 0.05) is 18.5 Å². The van der Waals surface area contributed by atoms with Gasteiger partial charge in [-0.1, -0.05) is 11.2 Å². The molecule has 0 radical (unpaired) electrons. The summed E-state index contributed by atoms with van der Waals surface area (Å²) >= 11 is 5.58. The van der Waals surface area contributed by atoms with E-state index in [-0.39, 0.29) is 0 Å². The Hall–Kier alpha value is -1.62. The molecule has 6 heteroatoms. The van der Waals surface area contributed by atoms with E-state index >= 15 is 0 Å². The number of aromatic nitrogens is 3. The molecule has 0 amide bonds. The molecule has 0 saturated carbocycles. The molecule has 2 rings (SSSR count). The lowest BCUT2D eigenvalue weighted by atomic mass is 10.2. The smallest absolute Gasteiger partial charge is 0.315 e. The van der Waals surface area contributed by atoms with Crippen LogP contribution in [0.2, 0.25) is 0 Å². The van der Waals surface area contributed by atoms with Gasteiger partial charge in [0.15, 0.2) is 0 Å². The highest BCUT2D eigenvalue weighted by Crippen LogP contribution is 2.09. The summed E-state index contributed by atoms with van der Waals surface area (Å²) in [6, 6.07) is 4.32. The van der Waals surface area contributed by atoms with E-state index in [1.165, 1.54) is 0 Å². The fourth-order valence-electron chi connectivity index (χ4n) is 1.37. The molecule has 0 saturated heterocycles. The molecule has 0 bridgehead atoms. The molecule has 90 valence electrons. The number of aryl methyl sites for hydroxylation is 2. The van der Waals surface area contributed by atoms with Crippen molar-refractivity contribution in [3.63, 3.8) is 0 Å². The zero-order valence-electron chi connectivity index (χ0n) is 9.48. The van der Waals surface area contributed by atoms with Gasteiger partial charge in [0.05, 0.1) is 12.2 Å². The van der Waals surface area contributed by atoms with E-state index in [0.29, 0.717) is 30.8 Å². The van der Waals surface area contributed by atoms with E-state index in [1.807, 2.05) is 19.1 Å². The molecule has 0 aliphatic carbocycles. The van der Waals surface area contributed by atoms with Crippen molar-refractivity contribution in [2.24, 2.45) is 0 Å². The highest BCUT2D eigenvalue weighted by Gasteiger charge is 2.05. The fraction of sp³-hybridized carbons (Fsp3) is 0.364. The van der Waals surface area contributed by atoms with Gasteiger partial charge in [0.25, 0.3) is 0 Å². The molecule has 0 aliphatic heterocycles. The number of hydrogen-bond donors (Lipinski definition) is 1. The summed E-state index contributed by atoms with van der Waals surface area (Å²) in [5.41, 5.74) is 2.09. The second-order valence-corrected chi connectivity index (χ2v) is 3.94. The third kappa shape index (κ3) is 3.17. The van der Waals surface area contributed by atoms with E-state index in [4.69, 9.17) is 16.0 Å². The van der Waals surface area contributed by atoms with Gasteiger partial charge >= 0.3 is 6.01 Å². The molecule has 0 spiro atoms. The number of anilines is 1. The maximum Gasteiger partial charge on any atom is 0.315 e. The molecule has 2 aromatic rings. The van der Waals surface area contributed by atoms with Crippen LogP contribution in [-0.2, 0) is 13.0 Å². The van der Waals surface area contributed by atoms with Gasteiger partial charge < -0.3 is 9.73 Å². The Morgan fingerprint density at radius 1 is 1.41 bits per heavy atom. The van der Waals surface area contributed by atoms with Crippen LogP contribution in [0.5, 0.6) is 0 Å². The normalized spacial score (nSPS) is 10.5. The molecule has 2 aromatic heterocycles. The molecular weight excluding hydrogens is 240 g/mol. The van der Waals surface area contributed by atoms with Crippen LogP contribution in [0.4, 0.5) is 6.01 Å². The number of alkyl halides is 1. The molecule has 17 heavy (non-hydrogen) atoms. The number of nitrogens with one attached hydrogen (secondary N) is 1. The van der Waals surface area contributed by atoms with Crippen molar-refractivity contribution in [3.05, 3.63) is 35.5 Å². The lowest BCUT2D eigenvalue weighted by Crippen LogP contribution is -2.03. The highest BCUT2D eigenvalue weighted by molar-refractivity contribution is 6.17. The molecule has 1 N–H and O–H groups in total. The first kappa shape index (κ1) is 11.9. The minimum Gasteiger partial charge on any atom is -0.408 e. The topological polar surface area (TPSA) is 63.8 Å². The lowest BCUT2D eigenvalue weighted by molar-refractivity contribution is 0.512. The summed E-state index contributed by atoms with van der Waals surface area (Å²) in [6.45, 7) is 2.58. The van der Waals surface area contributed by atoms with E-state index in [2.05, 4.69) is 20.5 Å². The molecule has 0 aromatic carbocycles. The molecule has 0 atom stereocenters. The second-order valence-electron chi connectivity index (χ2n) is 3.56. The van der Waals surface area contributed by atoms with Crippen molar-refractivity contribution in [3.8, 4) is 0 Å². The number of nitrogens with zero attached hydrogens (tertiary/aromatic N) is 3. The van der Waals surface area contributed by atoms with Crippen molar-refractivity contribution >= 4 is 17.6 Å². The summed E-state index contributed by atoms with van der Waals surface area (Å²) in [5.74, 6) is 1.02. The van der Waals surface area contributed by atoms with E-state index in [9.17, 15) is 0 Å². The first-order valence-corrected chi connectivity index (χ1v) is 5.86. The Morgan fingerprint density at radius 2 is 2.29 bits per heavy atom. The minimum absolute atomic E-state index is 0.398. The maximum atomic E-state index is 5.58. The minimum atomic E-state index is 0.398. The fourth-order valence-corrected chi connectivity index (χ4v) is 1.53. The predicted octanol–water partition coefficient (Wildman–Crippen LogP) is 2.17. The largest absolute Gasteiger partial charge is 0.408 e. The van der Waals surface area contributed by atoms with Gasteiger partial charge in [-0.05, 0) is 18.6 Å². The third-order valence-corrected chi connectivity index (χ3v) is 2.49. The second kappa shape index (κ2) is 5.63. The van der Waals surface area contributed by atoms with Crippen LogP contribution in [0.1, 0.15) is 17.1 Å². The van der Waals surface area contributed by atoms with Gasteiger partial charge in [-0.3, -0.25) is 4.98 Å². The Labute approximate surface area is 104 Å². The summed E-state index contributed by atoms with van der Waals surface area (Å²) in [6.07, 6.45) is 2.34. The van der Waals surface area contributed by atoms with Crippen LogP contribution < -0.4 is 5.32 Å². The number of halogens is 1. The van der Waals surface area contributed by atoms with Gasteiger partial charge in [-0.25, -0.2) is 0 Å². The lowest BCUT2D eigenvalue weighted by Gasteiger charge is -2.03.